The number of carbonyl (C=O) groups excluding carboxylic acids is 1. The largest absolute Gasteiger partial charge is 0.462 e. The molecule has 1 fully saturated rings. The second kappa shape index (κ2) is 6.85. The standard InChI is InChI=1S/C14H23N3O3/c1-4-20-14(18)12-9-15-17(3)13(12)10-16(2)11-5-7-19-8-6-11/h9,11H,4-8,10H2,1-3H3. The summed E-state index contributed by atoms with van der Waals surface area (Å²) in [6, 6.07) is 0.494. The molecule has 1 aliphatic rings. The van der Waals surface area contributed by atoms with Crippen LogP contribution in [-0.4, -0.2) is 53.6 Å². The molecular weight excluding hydrogens is 258 g/mol. The molecule has 0 radical (unpaired) electrons. The van der Waals surface area contributed by atoms with Crippen LogP contribution in [0.3, 0.4) is 0 Å². The van der Waals surface area contributed by atoms with Crippen molar-refractivity contribution in [1.29, 1.82) is 0 Å². The third kappa shape index (κ3) is 3.37. The topological polar surface area (TPSA) is 56.6 Å². The Bertz CT molecular complexity index is 453. The first-order valence-corrected chi connectivity index (χ1v) is 7.09. The molecule has 0 aromatic carbocycles. The van der Waals surface area contributed by atoms with E-state index in [2.05, 4.69) is 17.0 Å². The van der Waals surface area contributed by atoms with E-state index in [0.717, 1.165) is 31.7 Å². The molecule has 20 heavy (non-hydrogen) atoms. The highest BCUT2D eigenvalue weighted by atomic mass is 16.5. The minimum absolute atomic E-state index is 0.295. The Hall–Kier alpha value is -1.40. The molecule has 6 heteroatoms. The van der Waals surface area contributed by atoms with Crippen LogP contribution in [0.25, 0.3) is 0 Å². The number of ether oxygens (including phenoxy) is 2. The van der Waals surface area contributed by atoms with Crippen LogP contribution in [-0.2, 0) is 23.1 Å². The van der Waals surface area contributed by atoms with E-state index in [1.54, 1.807) is 10.9 Å². The number of aromatic nitrogens is 2. The van der Waals surface area contributed by atoms with Crippen molar-refractivity contribution in [3.63, 3.8) is 0 Å². The lowest BCUT2D eigenvalue weighted by atomic mass is 10.1. The summed E-state index contributed by atoms with van der Waals surface area (Å²) >= 11 is 0. The zero-order valence-electron chi connectivity index (χ0n) is 12.5. The lowest BCUT2D eigenvalue weighted by Crippen LogP contribution is -2.37. The van der Waals surface area contributed by atoms with Crippen LogP contribution in [0, 0.1) is 0 Å². The van der Waals surface area contributed by atoms with Crippen LogP contribution < -0.4 is 0 Å². The number of nitrogens with zero attached hydrogens (tertiary/aromatic N) is 3. The highest BCUT2D eigenvalue weighted by Gasteiger charge is 2.23. The molecular formula is C14H23N3O3. The van der Waals surface area contributed by atoms with Gasteiger partial charge < -0.3 is 9.47 Å². The molecule has 1 aromatic rings. The van der Waals surface area contributed by atoms with Gasteiger partial charge in [-0.3, -0.25) is 9.58 Å². The maximum absolute atomic E-state index is 11.9. The molecule has 0 N–H and O–H groups in total. The summed E-state index contributed by atoms with van der Waals surface area (Å²) in [4.78, 5) is 14.2. The molecule has 112 valence electrons. The van der Waals surface area contributed by atoms with E-state index in [0.29, 0.717) is 24.8 Å². The average molecular weight is 281 g/mol. The van der Waals surface area contributed by atoms with Gasteiger partial charge in [0.1, 0.15) is 5.56 Å². The van der Waals surface area contributed by atoms with E-state index < -0.39 is 0 Å². The first-order valence-electron chi connectivity index (χ1n) is 7.09. The molecule has 0 atom stereocenters. The number of carbonyl (C=O) groups is 1. The van der Waals surface area contributed by atoms with Gasteiger partial charge in [0, 0.05) is 32.8 Å². The van der Waals surface area contributed by atoms with Crippen molar-refractivity contribution in [3.05, 3.63) is 17.5 Å². The summed E-state index contributed by atoms with van der Waals surface area (Å²) in [7, 11) is 3.94. The normalized spacial score (nSPS) is 16.6. The fourth-order valence-electron chi connectivity index (χ4n) is 2.52. The lowest BCUT2D eigenvalue weighted by Gasteiger charge is -2.31. The van der Waals surface area contributed by atoms with Gasteiger partial charge in [0.15, 0.2) is 0 Å². The third-order valence-electron chi connectivity index (χ3n) is 3.77. The Morgan fingerprint density at radius 1 is 1.55 bits per heavy atom. The van der Waals surface area contributed by atoms with Crippen molar-refractivity contribution in [3.8, 4) is 0 Å². The van der Waals surface area contributed by atoms with Gasteiger partial charge in [0.25, 0.3) is 0 Å². The highest BCUT2D eigenvalue weighted by molar-refractivity contribution is 5.90. The molecule has 1 aliphatic heterocycles. The van der Waals surface area contributed by atoms with Crippen LogP contribution in [0.15, 0.2) is 6.20 Å². The predicted octanol–water partition coefficient (Wildman–Crippen LogP) is 1.21. The summed E-state index contributed by atoms with van der Waals surface area (Å²) < 4.78 is 12.2. The summed E-state index contributed by atoms with van der Waals surface area (Å²) in [6.07, 6.45) is 3.65. The zero-order valence-corrected chi connectivity index (χ0v) is 12.5. The van der Waals surface area contributed by atoms with Crippen molar-refractivity contribution in [2.45, 2.75) is 32.4 Å². The first kappa shape index (κ1) is 15.0. The number of esters is 1. The maximum atomic E-state index is 11.9. The quantitative estimate of drug-likeness (QED) is 0.759. The van der Waals surface area contributed by atoms with Gasteiger partial charge in [0.05, 0.1) is 18.5 Å². The van der Waals surface area contributed by atoms with Gasteiger partial charge in [-0.2, -0.15) is 5.10 Å². The molecule has 0 amide bonds. The molecule has 0 unspecified atom stereocenters. The third-order valence-corrected chi connectivity index (χ3v) is 3.77. The minimum Gasteiger partial charge on any atom is -0.462 e. The van der Waals surface area contributed by atoms with E-state index in [1.807, 2.05) is 14.0 Å². The molecule has 1 saturated heterocycles. The molecule has 0 spiro atoms. The van der Waals surface area contributed by atoms with Crippen molar-refractivity contribution >= 4 is 5.97 Å². The van der Waals surface area contributed by atoms with E-state index in [9.17, 15) is 4.79 Å². The second-order valence-electron chi connectivity index (χ2n) is 5.11. The Kier molecular flexibility index (Phi) is 5.14. The van der Waals surface area contributed by atoms with Crippen molar-refractivity contribution < 1.29 is 14.3 Å². The van der Waals surface area contributed by atoms with Crippen LogP contribution in [0.2, 0.25) is 0 Å². The smallest absolute Gasteiger partial charge is 0.341 e. The summed E-state index contributed by atoms with van der Waals surface area (Å²) in [5, 5.41) is 4.18. The molecule has 0 aliphatic carbocycles. The van der Waals surface area contributed by atoms with Crippen LogP contribution in [0.4, 0.5) is 0 Å². The minimum atomic E-state index is -0.295. The number of rotatable bonds is 5. The fraction of sp³-hybridized carbons (Fsp3) is 0.714. The van der Waals surface area contributed by atoms with Crippen LogP contribution in [0.1, 0.15) is 35.8 Å². The Morgan fingerprint density at radius 3 is 2.90 bits per heavy atom. The Labute approximate surface area is 119 Å². The first-order chi connectivity index (χ1) is 9.63. The van der Waals surface area contributed by atoms with Gasteiger partial charge >= 0.3 is 5.97 Å². The maximum Gasteiger partial charge on any atom is 0.341 e. The molecule has 0 saturated carbocycles. The molecule has 0 bridgehead atoms. The van der Waals surface area contributed by atoms with E-state index >= 15 is 0 Å². The SMILES string of the molecule is CCOC(=O)c1cnn(C)c1CN(C)C1CCOCC1. The Balaban J connectivity index is 2.07. The fourth-order valence-corrected chi connectivity index (χ4v) is 2.52. The summed E-state index contributed by atoms with van der Waals surface area (Å²) in [6.45, 7) is 4.50. The van der Waals surface area contributed by atoms with Crippen LogP contribution >= 0.6 is 0 Å². The van der Waals surface area contributed by atoms with Crippen molar-refractivity contribution in [2.24, 2.45) is 7.05 Å². The number of hydrogen-bond acceptors (Lipinski definition) is 5. The Morgan fingerprint density at radius 2 is 2.25 bits per heavy atom. The predicted molar refractivity (Wildman–Crippen MR) is 74.5 cm³/mol. The average Bonchev–Trinajstić information content (AvgIpc) is 2.81. The number of aryl methyl sites for hydroxylation is 1. The lowest BCUT2D eigenvalue weighted by molar-refractivity contribution is 0.0392. The molecule has 2 rings (SSSR count). The molecule has 2 heterocycles. The second-order valence-corrected chi connectivity index (χ2v) is 5.11. The van der Waals surface area contributed by atoms with Crippen molar-refractivity contribution in [2.75, 3.05) is 26.9 Å². The summed E-state index contributed by atoms with van der Waals surface area (Å²) in [5.41, 5.74) is 1.46. The summed E-state index contributed by atoms with van der Waals surface area (Å²) in [5.74, 6) is -0.295. The van der Waals surface area contributed by atoms with E-state index in [-0.39, 0.29) is 5.97 Å². The van der Waals surface area contributed by atoms with E-state index in [1.165, 1.54) is 0 Å². The van der Waals surface area contributed by atoms with Gasteiger partial charge in [-0.05, 0) is 26.8 Å². The molecule has 1 aromatic heterocycles. The van der Waals surface area contributed by atoms with Gasteiger partial charge in [-0.1, -0.05) is 0 Å². The monoisotopic (exact) mass is 281 g/mol. The van der Waals surface area contributed by atoms with Crippen LogP contribution in [0.5, 0.6) is 0 Å². The van der Waals surface area contributed by atoms with Crippen molar-refractivity contribution in [1.82, 2.24) is 14.7 Å². The zero-order chi connectivity index (χ0) is 14.5. The van der Waals surface area contributed by atoms with Gasteiger partial charge in [-0.25, -0.2) is 4.79 Å². The molecule has 6 nitrogen and oxygen atoms in total. The van der Waals surface area contributed by atoms with Gasteiger partial charge in [-0.15, -0.1) is 0 Å². The number of hydrogen-bond donors (Lipinski definition) is 0. The highest BCUT2D eigenvalue weighted by Crippen LogP contribution is 2.18. The van der Waals surface area contributed by atoms with E-state index in [4.69, 9.17) is 9.47 Å². The van der Waals surface area contributed by atoms with Gasteiger partial charge in [0.2, 0.25) is 0 Å².